The predicted molar refractivity (Wildman–Crippen MR) is 130 cm³/mol. The van der Waals surface area contributed by atoms with Crippen molar-refractivity contribution in [1.29, 1.82) is 0 Å². The number of aryl methyl sites for hydroxylation is 1. The molecule has 1 aliphatic rings. The molecule has 178 valence electrons. The molecule has 2 heterocycles. The fourth-order valence-electron chi connectivity index (χ4n) is 4.13. The lowest BCUT2D eigenvalue weighted by Crippen LogP contribution is -2.39. The summed E-state index contributed by atoms with van der Waals surface area (Å²) in [6.45, 7) is 5.88. The lowest BCUT2D eigenvalue weighted by Gasteiger charge is -2.22. The van der Waals surface area contributed by atoms with E-state index in [1.165, 1.54) is 12.1 Å². The van der Waals surface area contributed by atoms with Gasteiger partial charge in [0.1, 0.15) is 5.82 Å². The van der Waals surface area contributed by atoms with Gasteiger partial charge in [-0.2, -0.15) is 5.10 Å². The van der Waals surface area contributed by atoms with Gasteiger partial charge in [-0.05, 0) is 68.8 Å². The Morgan fingerprint density at radius 1 is 0.971 bits per heavy atom. The van der Waals surface area contributed by atoms with E-state index in [-0.39, 0.29) is 24.2 Å². The van der Waals surface area contributed by atoms with Crippen molar-refractivity contribution in [2.75, 3.05) is 31.5 Å². The average Bonchev–Trinajstić information content (AvgIpc) is 2.99. The number of carbonyl (C=O) groups is 2. The highest BCUT2D eigenvalue weighted by Crippen LogP contribution is 2.20. The van der Waals surface area contributed by atoms with E-state index in [1.807, 2.05) is 18.7 Å². The van der Waals surface area contributed by atoms with Crippen molar-refractivity contribution in [3.05, 3.63) is 76.3 Å². The number of anilines is 1. The number of aromatic nitrogens is 2. The van der Waals surface area contributed by atoms with Crippen LogP contribution in [0.3, 0.4) is 0 Å². The minimum atomic E-state index is -0.308. The SMILES string of the molecule is Cc1nn(-c2ccc(F)cc2)c(C)c1CC(=O)N1CCCN(C(=O)Nc2ccc(Cl)cc2)CC1. The van der Waals surface area contributed by atoms with Gasteiger partial charge >= 0.3 is 6.03 Å². The maximum Gasteiger partial charge on any atom is 0.321 e. The largest absolute Gasteiger partial charge is 0.341 e. The number of amides is 3. The van der Waals surface area contributed by atoms with Gasteiger partial charge in [0, 0.05) is 48.1 Å². The molecule has 1 saturated heterocycles. The molecule has 1 fully saturated rings. The Hall–Kier alpha value is -3.39. The minimum Gasteiger partial charge on any atom is -0.341 e. The summed E-state index contributed by atoms with van der Waals surface area (Å²) in [7, 11) is 0. The summed E-state index contributed by atoms with van der Waals surface area (Å²) in [5.74, 6) is -0.303. The normalized spacial score (nSPS) is 14.1. The van der Waals surface area contributed by atoms with Gasteiger partial charge in [-0.15, -0.1) is 0 Å². The Labute approximate surface area is 203 Å². The Bertz CT molecular complexity index is 1180. The Kier molecular flexibility index (Phi) is 7.17. The molecule has 1 N–H and O–H groups in total. The molecule has 0 saturated carbocycles. The summed E-state index contributed by atoms with van der Waals surface area (Å²) >= 11 is 5.90. The molecule has 0 bridgehead atoms. The number of benzene rings is 2. The van der Waals surface area contributed by atoms with Gasteiger partial charge in [0.05, 0.1) is 17.8 Å². The van der Waals surface area contributed by atoms with E-state index in [9.17, 15) is 14.0 Å². The van der Waals surface area contributed by atoms with Crippen molar-refractivity contribution < 1.29 is 14.0 Å². The molecule has 0 spiro atoms. The average molecular weight is 484 g/mol. The van der Waals surface area contributed by atoms with Gasteiger partial charge < -0.3 is 15.1 Å². The monoisotopic (exact) mass is 483 g/mol. The van der Waals surface area contributed by atoms with Gasteiger partial charge in [0.2, 0.25) is 5.91 Å². The van der Waals surface area contributed by atoms with Crippen LogP contribution in [0.15, 0.2) is 48.5 Å². The second-order valence-electron chi connectivity index (χ2n) is 8.37. The Morgan fingerprint density at radius 3 is 2.32 bits per heavy atom. The second kappa shape index (κ2) is 10.3. The smallest absolute Gasteiger partial charge is 0.321 e. The van der Waals surface area contributed by atoms with Crippen LogP contribution in [0.4, 0.5) is 14.9 Å². The number of hydrogen-bond acceptors (Lipinski definition) is 3. The highest BCUT2D eigenvalue weighted by molar-refractivity contribution is 6.30. The van der Waals surface area contributed by atoms with Gasteiger partial charge in [0.15, 0.2) is 0 Å². The molecule has 34 heavy (non-hydrogen) atoms. The molecule has 2 aromatic carbocycles. The van der Waals surface area contributed by atoms with Crippen LogP contribution in [0.2, 0.25) is 5.02 Å². The van der Waals surface area contributed by atoms with Crippen LogP contribution in [0.5, 0.6) is 0 Å². The van der Waals surface area contributed by atoms with Crippen molar-refractivity contribution >= 4 is 29.2 Å². The van der Waals surface area contributed by atoms with Gasteiger partial charge in [0.25, 0.3) is 0 Å². The number of halogens is 2. The molecule has 4 rings (SSSR count). The first kappa shape index (κ1) is 23.8. The number of carbonyl (C=O) groups excluding carboxylic acids is 2. The van der Waals surface area contributed by atoms with E-state index >= 15 is 0 Å². The van der Waals surface area contributed by atoms with Crippen molar-refractivity contribution in [1.82, 2.24) is 19.6 Å². The molecular formula is C25H27ClFN5O2. The molecule has 7 nitrogen and oxygen atoms in total. The third-order valence-corrected chi connectivity index (χ3v) is 6.32. The van der Waals surface area contributed by atoms with Crippen molar-refractivity contribution in [2.24, 2.45) is 0 Å². The van der Waals surface area contributed by atoms with Crippen molar-refractivity contribution in [3.8, 4) is 5.69 Å². The summed E-state index contributed by atoms with van der Waals surface area (Å²) < 4.78 is 15.0. The van der Waals surface area contributed by atoms with E-state index in [0.717, 1.165) is 22.6 Å². The number of nitrogens with one attached hydrogen (secondary N) is 1. The molecule has 0 radical (unpaired) electrons. The fraction of sp³-hybridized carbons (Fsp3) is 0.320. The number of rotatable bonds is 4. The zero-order chi connectivity index (χ0) is 24.2. The van der Waals surface area contributed by atoms with Crippen LogP contribution in [-0.4, -0.2) is 57.7 Å². The number of nitrogens with zero attached hydrogens (tertiary/aromatic N) is 4. The van der Waals surface area contributed by atoms with Crippen LogP contribution in [0, 0.1) is 19.7 Å². The van der Waals surface area contributed by atoms with Gasteiger partial charge in [-0.1, -0.05) is 11.6 Å². The quantitative estimate of drug-likeness (QED) is 0.590. The van der Waals surface area contributed by atoms with Crippen molar-refractivity contribution in [2.45, 2.75) is 26.7 Å². The molecular weight excluding hydrogens is 457 g/mol. The molecule has 0 atom stereocenters. The molecule has 9 heteroatoms. The van der Waals surface area contributed by atoms with E-state index in [4.69, 9.17) is 11.6 Å². The lowest BCUT2D eigenvalue weighted by atomic mass is 10.1. The number of urea groups is 1. The molecule has 1 aromatic heterocycles. The first-order valence-electron chi connectivity index (χ1n) is 11.2. The molecule has 0 unspecified atom stereocenters. The lowest BCUT2D eigenvalue weighted by molar-refractivity contribution is -0.130. The van der Waals surface area contributed by atoms with Crippen LogP contribution >= 0.6 is 11.6 Å². The first-order chi connectivity index (χ1) is 16.3. The van der Waals surface area contributed by atoms with Crippen LogP contribution in [0.1, 0.15) is 23.4 Å². The standard InChI is InChI=1S/C25H27ClFN5O2/c1-17-23(18(2)32(29-17)22-10-6-20(27)7-11-22)16-24(33)30-12-3-13-31(15-14-30)25(34)28-21-8-4-19(26)5-9-21/h4-11H,3,12-16H2,1-2H3,(H,28,34). The highest BCUT2D eigenvalue weighted by Gasteiger charge is 2.24. The van der Waals surface area contributed by atoms with E-state index in [1.54, 1.807) is 46.0 Å². The third-order valence-electron chi connectivity index (χ3n) is 6.07. The zero-order valence-electron chi connectivity index (χ0n) is 19.2. The molecule has 1 aliphatic heterocycles. The fourth-order valence-corrected chi connectivity index (χ4v) is 4.26. The third kappa shape index (κ3) is 5.39. The van der Waals surface area contributed by atoms with Crippen LogP contribution < -0.4 is 5.32 Å². The summed E-state index contributed by atoms with van der Waals surface area (Å²) in [6, 6.07) is 12.9. The van der Waals surface area contributed by atoms with Crippen molar-refractivity contribution in [3.63, 3.8) is 0 Å². The maximum atomic E-state index is 13.3. The zero-order valence-corrected chi connectivity index (χ0v) is 20.0. The van der Waals surface area contributed by atoms with E-state index in [0.29, 0.717) is 43.3 Å². The Morgan fingerprint density at radius 2 is 1.62 bits per heavy atom. The topological polar surface area (TPSA) is 70.5 Å². The summed E-state index contributed by atoms with van der Waals surface area (Å²) in [5, 5.41) is 8.05. The second-order valence-corrected chi connectivity index (χ2v) is 8.81. The Balaban J connectivity index is 1.38. The van der Waals surface area contributed by atoms with E-state index in [2.05, 4.69) is 10.4 Å². The summed E-state index contributed by atoms with van der Waals surface area (Å²) in [4.78, 5) is 29.3. The number of hydrogen-bond donors (Lipinski definition) is 1. The molecule has 3 amide bonds. The molecule has 3 aromatic rings. The summed E-state index contributed by atoms with van der Waals surface area (Å²) in [6.07, 6.45) is 0.933. The van der Waals surface area contributed by atoms with Gasteiger partial charge in [-0.3, -0.25) is 4.79 Å². The van der Waals surface area contributed by atoms with Gasteiger partial charge in [-0.25, -0.2) is 13.9 Å². The molecule has 0 aliphatic carbocycles. The van der Waals surface area contributed by atoms with E-state index < -0.39 is 0 Å². The minimum absolute atomic E-state index is 0.00446. The summed E-state index contributed by atoms with van der Waals surface area (Å²) in [5.41, 5.74) is 3.93. The first-order valence-corrected chi connectivity index (χ1v) is 11.6. The highest BCUT2D eigenvalue weighted by atomic mass is 35.5. The van der Waals surface area contributed by atoms with Crippen LogP contribution in [0.25, 0.3) is 5.69 Å². The van der Waals surface area contributed by atoms with Crippen LogP contribution in [-0.2, 0) is 11.2 Å². The maximum absolute atomic E-state index is 13.3. The predicted octanol–water partition coefficient (Wildman–Crippen LogP) is 4.59.